The quantitative estimate of drug-likeness (QED) is 0.698. The third kappa shape index (κ3) is 3.78. The first-order valence-electron chi connectivity index (χ1n) is 8.44. The molecule has 3 rings (SSSR count). The first-order chi connectivity index (χ1) is 12.8. The summed E-state index contributed by atoms with van der Waals surface area (Å²) < 4.78 is 5.24. The van der Waals surface area contributed by atoms with Crippen LogP contribution in [0.25, 0.3) is 10.2 Å². The second-order valence-electron chi connectivity index (χ2n) is 6.37. The zero-order valence-corrected chi connectivity index (χ0v) is 16.7. The second-order valence-corrected chi connectivity index (χ2v) is 7.37. The number of hydrogen-bond acceptors (Lipinski definition) is 5. The van der Waals surface area contributed by atoms with Gasteiger partial charge in [0, 0.05) is 23.7 Å². The number of anilines is 2. The molecule has 0 aliphatic rings. The van der Waals surface area contributed by atoms with Gasteiger partial charge in [0.1, 0.15) is 10.6 Å². The maximum Gasteiger partial charge on any atom is 0.266 e. The molecule has 7 heteroatoms. The van der Waals surface area contributed by atoms with Crippen LogP contribution in [0, 0.1) is 20.8 Å². The molecule has 0 saturated carbocycles. The normalized spacial score (nSPS) is 10.7. The number of hydrogen-bond donors (Lipinski definition) is 2. The molecule has 27 heavy (non-hydrogen) atoms. The van der Waals surface area contributed by atoms with Crippen LogP contribution in [0.15, 0.2) is 24.3 Å². The van der Waals surface area contributed by atoms with Crippen molar-refractivity contribution in [2.24, 2.45) is 0 Å². The van der Waals surface area contributed by atoms with Crippen LogP contribution in [0.1, 0.15) is 33.4 Å². The fourth-order valence-electron chi connectivity index (χ4n) is 3.10. The molecule has 2 N–H and O–H groups in total. The van der Waals surface area contributed by atoms with Crippen molar-refractivity contribution in [2.45, 2.75) is 27.7 Å². The topological polar surface area (TPSA) is 80.3 Å². The molecule has 0 saturated heterocycles. The van der Waals surface area contributed by atoms with Crippen molar-refractivity contribution >= 4 is 44.7 Å². The molecule has 0 spiro atoms. The summed E-state index contributed by atoms with van der Waals surface area (Å²) in [4.78, 5) is 30.3. The van der Waals surface area contributed by atoms with E-state index < -0.39 is 0 Å². The number of aryl methyl sites for hydroxylation is 3. The number of amides is 2. The predicted octanol–water partition coefficient (Wildman–Crippen LogP) is 4.44. The summed E-state index contributed by atoms with van der Waals surface area (Å²) in [5.74, 6) is 0.108. The van der Waals surface area contributed by atoms with Crippen molar-refractivity contribution in [3.63, 3.8) is 0 Å². The Morgan fingerprint density at radius 2 is 1.85 bits per heavy atom. The fourth-order valence-corrected chi connectivity index (χ4v) is 4.29. The van der Waals surface area contributed by atoms with Gasteiger partial charge in [0.15, 0.2) is 0 Å². The summed E-state index contributed by atoms with van der Waals surface area (Å²) in [6.45, 7) is 7.33. The smallest absolute Gasteiger partial charge is 0.266 e. The molecule has 0 bridgehead atoms. The van der Waals surface area contributed by atoms with Crippen LogP contribution in [0.3, 0.4) is 0 Å². The number of benzene rings is 1. The minimum absolute atomic E-state index is 0.202. The first kappa shape index (κ1) is 18.8. The minimum atomic E-state index is -0.214. The summed E-state index contributed by atoms with van der Waals surface area (Å²) in [6.07, 6.45) is 0. The van der Waals surface area contributed by atoms with Gasteiger partial charge in [0.25, 0.3) is 5.91 Å². The van der Waals surface area contributed by atoms with Gasteiger partial charge in [-0.3, -0.25) is 9.59 Å². The molecule has 0 atom stereocenters. The van der Waals surface area contributed by atoms with Gasteiger partial charge >= 0.3 is 0 Å². The van der Waals surface area contributed by atoms with E-state index in [1.54, 1.807) is 18.2 Å². The molecule has 0 fully saturated rings. The van der Waals surface area contributed by atoms with Crippen molar-refractivity contribution in [3.8, 4) is 5.75 Å². The van der Waals surface area contributed by atoms with Gasteiger partial charge in [-0.2, -0.15) is 0 Å². The number of ether oxygens (including phenoxy) is 1. The van der Waals surface area contributed by atoms with E-state index in [4.69, 9.17) is 4.74 Å². The van der Waals surface area contributed by atoms with Gasteiger partial charge in [-0.15, -0.1) is 11.3 Å². The highest BCUT2D eigenvalue weighted by Crippen LogP contribution is 2.33. The molecule has 0 aliphatic carbocycles. The molecule has 0 radical (unpaired) electrons. The van der Waals surface area contributed by atoms with E-state index in [-0.39, 0.29) is 11.8 Å². The number of aromatic nitrogens is 1. The van der Waals surface area contributed by atoms with Gasteiger partial charge in [0.2, 0.25) is 5.91 Å². The third-order valence-electron chi connectivity index (χ3n) is 4.20. The highest BCUT2D eigenvalue weighted by molar-refractivity contribution is 7.20. The molecular formula is C20H21N3O3S. The van der Waals surface area contributed by atoms with Crippen LogP contribution >= 0.6 is 11.3 Å². The molecule has 2 aromatic heterocycles. The lowest BCUT2D eigenvalue weighted by atomic mass is 10.1. The van der Waals surface area contributed by atoms with Crippen molar-refractivity contribution in [3.05, 3.63) is 46.0 Å². The van der Waals surface area contributed by atoms with Crippen LogP contribution in [-0.4, -0.2) is 23.9 Å². The zero-order valence-electron chi connectivity index (χ0n) is 15.9. The van der Waals surface area contributed by atoms with Crippen molar-refractivity contribution in [1.82, 2.24) is 4.98 Å². The lowest BCUT2D eigenvalue weighted by Gasteiger charge is -2.11. The number of nitrogens with zero attached hydrogens (tertiary/aromatic N) is 1. The number of pyridine rings is 1. The fraction of sp³-hybridized carbons (Fsp3) is 0.250. The van der Waals surface area contributed by atoms with Gasteiger partial charge < -0.3 is 15.4 Å². The number of rotatable bonds is 4. The van der Waals surface area contributed by atoms with Crippen LogP contribution in [0.4, 0.5) is 11.4 Å². The van der Waals surface area contributed by atoms with Crippen LogP contribution in [0.2, 0.25) is 0 Å². The Hall–Kier alpha value is -2.93. The Labute approximate surface area is 161 Å². The lowest BCUT2D eigenvalue weighted by molar-refractivity contribution is -0.114. The summed E-state index contributed by atoms with van der Waals surface area (Å²) in [5, 5.41) is 6.63. The number of thiophene rings is 1. The Morgan fingerprint density at radius 3 is 2.52 bits per heavy atom. The van der Waals surface area contributed by atoms with Crippen LogP contribution in [0.5, 0.6) is 5.75 Å². The summed E-state index contributed by atoms with van der Waals surface area (Å²) in [7, 11) is 1.52. The molecule has 0 unspecified atom stereocenters. The van der Waals surface area contributed by atoms with Gasteiger partial charge in [-0.1, -0.05) is 0 Å². The predicted molar refractivity (Wildman–Crippen MR) is 109 cm³/mol. The summed E-state index contributed by atoms with van der Waals surface area (Å²) in [5.41, 5.74) is 4.05. The average Bonchev–Trinajstić information content (AvgIpc) is 2.91. The SMILES string of the molecule is COc1ccc(NC(=O)c2sc3nc(C)cc(C)c3c2C)cc1NC(C)=O. The number of nitrogens with one attached hydrogen (secondary N) is 2. The van der Waals surface area contributed by atoms with Gasteiger partial charge in [-0.05, 0) is 56.2 Å². The number of fused-ring (bicyclic) bond motifs is 1. The highest BCUT2D eigenvalue weighted by atomic mass is 32.1. The lowest BCUT2D eigenvalue weighted by Crippen LogP contribution is -2.12. The van der Waals surface area contributed by atoms with E-state index in [2.05, 4.69) is 15.6 Å². The zero-order chi connectivity index (χ0) is 19.7. The standard InChI is InChI=1S/C20H21N3O3S/c1-10-8-11(2)21-20-17(10)12(3)18(27-20)19(25)23-14-6-7-16(26-5)15(9-14)22-13(4)24/h6-9H,1-5H3,(H,22,24)(H,23,25). The molecule has 0 aliphatic heterocycles. The Kier molecular flexibility index (Phi) is 5.14. The van der Waals surface area contributed by atoms with Crippen molar-refractivity contribution in [1.29, 1.82) is 0 Å². The minimum Gasteiger partial charge on any atom is -0.495 e. The molecule has 3 aromatic rings. The molecular weight excluding hydrogens is 362 g/mol. The Balaban J connectivity index is 1.94. The monoisotopic (exact) mass is 383 g/mol. The Bertz CT molecular complexity index is 1060. The molecule has 6 nitrogen and oxygen atoms in total. The molecule has 140 valence electrons. The van der Waals surface area contributed by atoms with Crippen LogP contribution < -0.4 is 15.4 Å². The van der Waals surface area contributed by atoms with Gasteiger partial charge in [-0.25, -0.2) is 4.98 Å². The largest absolute Gasteiger partial charge is 0.495 e. The first-order valence-corrected chi connectivity index (χ1v) is 9.26. The number of carbonyl (C=O) groups excluding carboxylic acids is 2. The second kappa shape index (κ2) is 7.36. The number of carbonyl (C=O) groups is 2. The van der Waals surface area contributed by atoms with Gasteiger partial charge in [0.05, 0.1) is 17.7 Å². The van der Waals surface area contributed by atoms with Crippen LogP contribution in [-0.2, 0) is 4.79 Å². The van der Waals surface area contributed by atoms with E-state index in [0.29, 0.717) is 22.0 Å². The van der Waals surface area contributed by atoms with E-state index >= 15 is 0 Å². The van der Waals surface area contributed by atoms with Crippen molar-refractivity contribution < 1.29 is 14.3 Å². The Morgan fingerprint density at radius 1 is 1.11 bits per heavy atom. The number of methoxy groups -OCH3 is 1. The summed E-state index contributed by atoms with van der Waals surface area (Å²) in [6, 6.07) is 7.13. The van der Waals surface area contributed by atoms with E-state index in [1.165, 1.54) is 25.4 Å². The molecule has 2 heterocycles. The van der Waals surface area contributed by atoms with Crippen molar-refractivity contribution in [2.75, 3.05) is 17.7 Å². The van der Waals surface area contributed by atoms with E-state index in [0.717, 1.165) is 27.0 Å². The summed E-state index contributed by atoms with van der Waals surface area (Å²) >= 11 is 1.38. The molecule has 2 amide bonds. The average molecular weight is 383 g/mol. The molecule has 1 aromatic carbocycles. The highest BCUT2D eigenvalue weighted by Gasteiger charge is 2.18. The maximum atomic E-state index is 12.8. The van der Waals surface area contributed by atoms with E-state index in [1.807, 2.05) is 26.8 Å². The van der Waals surface area contributed by atoms with E-state index in [9.17, 15) is 9.59 Å². The maximum absolute atomic E-state index is 12.8. The third-order valence-corrected chi connectivity index (χ3v) is 5.38.